The number of amides is 2. The highest BCUT2D eigenvalue weighted by atomic mass is 16.5. The molecule has 28 heavy (non-hydrogen) atoms. The predicted octanol–water partition coefficient (Wildman–Crippen LogP) is 3.75. The molecule has 0 saturated carbocycles. The Labute approximate surface area is 160 Å². The van der Waals surface area contributed by atoms with Crippen LogP contribution in [0.15, 0.2) is 61.1 Å². The van der Waals surface area contributed by atoms with E-state index >= 15 is 0 Å². The number of rotatable bonds is 5. The summed E-state index contributed by atoms with van der Waals surface area (Å²) in [6.07, 6.45) is 3.12. The number of urea groups is 1. The van der Waals surface area contributed by atoms with Gasteiger partial charge in [-0.25, -0.2) is 14.8 Å². The molecule has 0 fully saturated rings. The normalized spacial score (nSPS) is 10.5. The van der Waals surface area contributed by atoms with Gasteiger partial charge in [0.15, 0.2) is 5.65 Å². The molecule has 0 saturated heterocycles. The summed E-state index contributed by atoms with van der Waals surface area (Å²) in [4.78, 5) is 20.5. The molecular weight excluding hydrogens is 358 g/mol. The number of aromatic nitrogens is 4. The van der Waals surface area contributed by atoms with Gasteiger partial charge >= 0.3 is 6.03 Å². The van der Waals surface area contributed by atoms with Crippen molar-refractivity contribution in [2.24, 2.45) is 0 Å². The van der Waals surface area contributed by atoms with Crippen LogP contribution in [0.5, 0.6) is 5.75 Å². The number of nitrogens with zero attached hydrogens (tertiary/aromatic N) is 3. The summed E-state index contributed by atoms with van der Waals surface area (Å²) in [5, 5.41) is 16.3. The molecule has 0 radical (unpaired) electrons. The fourth-order valence-electron chi connectivity index (χ4n) is 2.61. The molecule has 2 amide bonds. The average Bonchev–Trinajstić information content (AvgIpc) is 3.20. The number of fused-ring (bicyclic) bond motifs is 1. The van der Waals surface area contributed by atoms with E-state index < -0.39 is 0 Å². The van der Waals surface area contributed by atoms with Crippen LogP contribution in [0, 0.1) is 0 Å². The molecular formula is C19H17N7O2. The van der Waals surface area contributed by atoms with Crippen LogP contribution in [0.1, 0.15) is 0 Å². The van der Waals surface area contributed by atoms with Gasteiger partial charge in [-0.2, -0.15) is 5.10 Å². The Bertz CT molecular complexity index is 1090. The Morgan fingerprint density at radius 3 is 2.25 bits per heavy atom. The van der Waals surface area contributed by atoms with Crippen molar-refractivity contribution in [2.75, 3.05) is 23.1 Å². The minimum absolute atomic E-state index is 0.332. The van der Waals surface area contributed by atoms with Crippen molar-refractivity contribution >= 4 is 39.9 Å². The standard InChI is InChI=1S/C19H17N7O2/c1-28-15-8-6-14(7-9-15)25-19(27)24-13-4-2-12(3-5-13)23-17-16-10-22-26-18(16)21-11-20-17/h2-11H,1H3,(H2,24,25,27)(H2,20,21,22,23,26). The highest BCUT2D eigenvalue weighted by molar-refractivity contribution is 5.99. The first-order chi connectivity index (χ1) is 13.7. The largest absolute Gasteiger partial charge is 0.497 e. The Kier molecular flexibility index (Phi) is 4.70. The van der Waals surface area contributed by atoms with Gasteiger partial charge in [-0.15, -0.1) is 0 Å². The number of aromatic amines is 1. The van der Waals surface area contributed by atoms with E-state index in [-0.39, 0.29) is 6.03 Å². The van der Waals surface area contributed by atoms with Gasteiger partial charge < -0.3 is 20.7 Å². The summed E-state index contributed by atoms with van der Waals surface area (Å²) < 4.78 is 5.10. The highest BCUT2D eigenvalue weighted by Crippen LogP contribution is 2.22. The van der Waals surface area contributed by atoms with Crippen molar-refractivity contribution in [1.82, 2.24) is 20.2 Å². The SMILES string of the molecule is COc1ccc(NC(=O)Nc2ccc(Nc3ncnc4[nH]ncc34)cc2)cc1. The second kappa shape index (κ2) is 7.62. The third kappa shape index (κ3) is 3.83. The summed E-state index contributed by atoms with van der Waals surface area (Å²) in [5.41, 5.74) is 2.81. The molecule has 2 aromatic heterocycles. The van der Waals surface area contributed by atoms with Crippen LogP contribution >= 0.6 is 0 Å². The van der Waals surface area contributed by atoms with Crippen LogP contribution in [-0.4, -0.2) is 33.3 Å². The van der Waals surface area contributed by atoms with E-state index in [1.807, 2.05) is 12.1 Å². The lowest BCUT2D eigenvalue weighted by molar-refractivity contribution is 0.262. The summed E-state index contributed by atoms with van der Waals surface area (Å²) >= 11 is 0. The second-order valence-electron chi connectivity index (χ2n) is 5.86. The number of hydrogen-bond acceptors (Lipinski definition) is 6. The van der Waals surface area contributed by atoms with Crippen molar-refractivity contribution < 1.29 is 9.53 Å². The highest BCUT2D eigenvalue weighted by Gasteiger charge is 2.07. The van der Waals surface area contributed by atoms with Crippen molar-refractivity contribution in [2.45, 2.75) is 0 Å². The first-order valence-corrected chi connectivity index (χ1v) is 8.44. The van der Waals surface area contributed by atoms with E-state index in [2.05, 4.69) is 36.1 Å². The summed E-state index contributed by atoms with van der Waals surface area (Å²) in [6, 6.07) is 14.0. The predicted molar refractivity (Wildman–Crippen MR) is 107 cm³/mol. The smallest absolute Gasteiger partial charge is 0.323 e. The van der Waals surface area contributed by atoms with Crippen LogP contribution in [0.2, 0.25) is 0 Å². The number of methoxy groups -OCH3 is 1. The number of ether oxygens (including phenoxy) is 1. The lowest BCUT2D eigenvalue weighted by Gasteiger charge is -2.10. The lowest BCUT2D eigenvalue weighted by Crippen LogP contribution is -2.19. The number of carbonyl (C=O) groups excluding carboxylic acids is 1. The van der Waals surface area contributed by atoms with Gasteiger partial charge in [-0.05, 0) is 48.5 Å². The lowest BCUT2D eigenvalue weighted by atomic mass is 10.2. The van der Waals surface area contributed by atoms with Crippen molar-refractivity contribution in [3.8, 4) is 5.75 Å². The number of carbonyl (C=O) groups is 1. The van der Waals surface area contributed by atoms with Gasteiger partial charge in [0, 0.05) is 17.1 Å². The van der Waals surface area contributed by atoms with Gasteiger partial charge in [-0.3, -0.25) is 5.10 Å². The third-order valence-electron chi connectivity index (χ3n) is 4.00. The molecule has 2 aromatic carbocycles. The van der Waals surface area contributed by atoms with Gasteiger partial charge in [0.25, 0.3) is 0 Å². The number of H-pyrrole nitrogens is 1. The minimum atomic E-state index is -0.332. The van der Waals surface area contributed by atoms with E-state index in [9.17, 15) is 4.79 Å². The molecule has 0 aliphatic rings. The monoisotopic (exact) mass is 375 g/mol. The van der Waals surface area contributed by atoms with Gasteiger partial charge in [0.05, 0.1) is 18.7 Å². The van der Waals surface area contributed by atoms with Gasteiger partial charge in [0.1, 0.15) is 17.9 Å². The van der Waals surface area contributed by atoms with Gasteiger partial charge in [-0.1, -0.05) is 0 Å². The minimum Gasteiger partial charge on any atom is -0.497 e. The zero-order valence-corrected chi connectivity index (χ0v) is 14.9. The zero-order valence-electron chi connectivity index (χ0n) is 14.9. The maximum atomic E-state index is 12.1. The molecule has 0 bridgehead atoms. The molecule has 9 heteroatoms. The molecule has 0 aliphatic heterocycles. The van der Waals surface area contributed by atoms with Crippen molar-refractivity contribution in [3.05, 3.63) is 61.1 Å². The van der Waals surface area contributed by atoms with Crippen LogP contribution in [0.4, 0.5) is 27.7 Å². The first kappa shape index (κ1) is 17.3. The topological polar surface area (TPSA) is 117 Å². The molecule has 2 heterocycles. The quantitative estimate of drug-likeness (QED) is 0.422. The third-order valence-corrected chi connectivity index (χ3v) is 4.00. The van der Waals surface area contributed by atoms with E-state index in [1.54, 1.807) is 49.7 Å². The van der Waals surface area contributed by atoms with Crippen LogP contribution in [0.3, 0.4) is 0 Å². The Hall–Kier alpha value is -4.14. The van der Waals surface area contributed by atoms with E-state index in [1.165, 1.54) is 6.33 Å². The summed E-state index contributed by atoms with van der Waals surface area (Å²) in [6.45, 7) is 0. The molecule has 4 N–H and O–H groups in total. The Balaban J connectivity index is 1.38. The molecule has 4 rings (SSSR count). The molecule has 140 valence electrons. The van der Waals surface area contributed by atoms with Crippen LogP contribution in [0.25, 0.3) is 11.0 Å². The van der Waals surface area contributed by atoms with Crippen molar-refractivity contribution in [3.63, 3.8) is 0 Å². The Morgan fingerprint density at radius 2 is 1.57 bits per heavy atom. The first-order valence-electron chi connectivity index (χ1n) is 8.44. The number of anilines is 4. The molecule has 4 aromatic rings. The maximum Gasteiger partial charge on any atom is 0.323 e. The van der Waals surface area contributed by atoms with Crippen molar-refractivity contribution in [1.29, 1.82) is 0 Å². The van der Waals surface area contributed by atoms with Crippen LogP contribution in [-0.2, 0) is 0 Å². The fraction of sp³-hybridized carbons (Fsp3) is 0.0526. The zero-order chi connectivity index (χ0) is 19.3. The van der Waals surface area contributed by atoms with E-state index in [4.69, 9.17) is 4.74 Å². The second-order valence-corrected chi connectivity index (χ2v) is 5.86. The summed E-state index contributed by atoms with van der Waals surface area (Å²) in [5.74, 6) is 1.38. The molecule has 0 unspecified atom stereocenters. The number of hydrogen-bond donors (Lipinski definition) is 4. The van der Waals surface area contributed by atoms with Crippen LogP contribution < -0.4 is 20.7 Å². The number of benzene rings is 2. The van der Waals surface area contributed by atoms with E-state index in [0.717, 1.165) is 16.8 Å². The number of nitrogens with one attached hydrogen (secondary N) is 4. The maximum absolute atomic E-state index is 12.1. The Morgan fingerprint density at radius 1 is 0.929 bits per heavy atom. The summed E-state index contributed by atoms with van der Waals surface area (Å²) in [7, 11) is 1.59. The molecule has 0 atom stereocenters. The van der Waals surface area contributed by atoms with E-state index in [0.29, 0.717) is 22.8 Å². The van der Waals surface area contributed by atoms with Gasteiger partial charge in [0.2, 0.25) is 0 Å². The molecule has 0 aliphatic carbocycles. The molecule has 9 nitrogen and oxygen atoms in total. The molecule has 0 spiro atoms. The average molecular weight is 375 g/mol. The fourth-order valence-corrected chi connectivity index (χ4v) is 2.61.